The molecule has 0 aromatic heterocycles. The summed E-state index contributed by atoms with van der Waals surface area (Å²) >= 11 is 0. The lowest BCUT2D eigenvalue weighted by Gasteiger charge is -2.07. The molecule has 1 aromatic carbocycles. The molecule has 1 N–H and O–H groups in total. The highest BCUT2D eigenvalue weighted by molar-refractivity contribution is 5.89. The minimum Gasteiger partial charge on any atom is -0.494 e. The third-order valence-electron chi connectivity index (χ3n) is 2.00. The van der Waals surface area contributed by atoms with Gasteiger partial charge in [0, 0.05) is 5.69 Å². The summed E-state index contributed by atoms with van der Waals surface area (Å²) in [4.78, 5) is 4.14. The number of hydrogen-bond acceptors (Lipinski definition) is 4. The maximum absolute atomic E-state index is 5.34. The van der Waals surface area contributed by atoms with Gasteiger partial charge in [0.05, 0.1) is 13.2 Å². The van der Waals surface area contributed by atoms with Gasteiger partial charge in [-0.05, 0) is 31.2 Å². The first-order chi connectivity index (χ1) is 7.38. The second kappa shape index (κ2) is 6.23. The SMILES string of the molecule is CCOc1ccc(NC2=NCCO2)cc1.Cl. The van der Waals surface area contributed by atoms with Gasteiger partial charge in [-0.25, -0.2) is 4.99 Å². The molecule has 2 rings (SSSR count). The number of halogens is 1. The van der Waals surface area contributed by atoms with Gasteiger partial charge in [0.1, 0.15) is 12.4 Å². The number of amidine groups is 1. The number of benzene rings is 1. The van der Waals surface area contributed by atoms with Gasteiger partial charge in [0.15, 0.2) is 0 Å². The molecule has 1 aliphatic heterocycles. The first-order valence-corrected chi connectivity index (χ1v) is 5.05. The zero-order valence-corrected chi connectivity index (χ0v) is 9.92. The Morgan fingerprint density at radius 3 is 2.69 bits per heavy atom. The summed E-state index contributed by atoms with van der Waals surface area (Å²) < 4.78 is 10.6. The Bertz CT molecular complexity index is 352. The van der Waals surface area contributed by atoms with Gasteiger partial charge in [-0.15, -0.1) is 12.4 Å². The molecule has 16 heavy (non-hydrogen) atoms. The van der Waals surface area contributed by atoms with Gasteiger partial charge in [0.25, 0.3) is 6.02 Å². The molecular weight excluding hydrogens is 228 g/mol. The van der Waals surface area contributed by atoms with Crippen LogP contribution in [0, 0.1) is 0 Å². The third-order valence-corrected chi connectivity index (χ3v) is 2.00. The van der Waals surface area contributed by atoms with Crippen LogP contribution in [0.3, 0.4) is 0 Å². The number of anilines is 1. The van der Waals surface area contributed by atoms with Gasteiger partial charge < -0.3 is 14.8 Å². The van der Waals surface area contributed by atoms with Crippen molar-refractivity contribution in [3.8, 4) is 5.75 Å². The fraction of sp³-hybridized carbons (Fsp3) is 0.364. The summed E-state index contributed by atoms with van der Waals surface area (Å²) in [6.45, 7) is 4.05. The van der Waals surface area contributed by atoms with Crippen LogP contribution in [0.1, 0.15) is 6.92 Å². The summed E-state index contributed by atoms with van der Waals surface area (Å²) in [6, 6.07) is 8.31. The highest BCUT2D eigenvalue weighted by Gasteiger charge is 2.06. The van der Waals surface area contributed by atoms with Crippen LogP contribution in [0.4, 0.5) is 5.69 Å². The number of nitrogens with zero attached hydrogens (tertiary/aromatic N) is 1. The van der Waals surface area contributed by atoms with Crippen LogP contribution in [0.15, 0.2) is 29.3 Å². The third kappa shape index (κ3) is 3.31. The van der Waals surface area contributed by atoms with Crippen LogP contribution < -0.4 is 10.1 Å². The number of nitrogens with one attached hydrogen (secondary N) is 1. The minimum absolute atomic E-state index is 0. The maximum atomic E-state index is 5.34. The fourth-order valence-corrected chi connectivity index (χ4v) is 1.34. The molecule has 0 atom stereocenters. The van der Waals surface area contributed by atoms with Crippen LogP contribution in [-0.2, 0) is 4.74 Å². The molecular formula is C11H15ClN2O2. The molecule has 0 radical (unpaired) electrons. The highest BCUT2D eigenvalue weighted by atomic mass is 35.5. The Morgan fingerprint density at radius 1 is 1.38 bits per heavy atom. The summed E-state index contributed by atoms with van der Waals surface area (Å²) in [5.41, 5.74) is 0.958. The number of aliphatic imine (C=N–C) groups is 1. The first-order valence-electron chi connectivity index (χ1n) is 5.05. The second-order valence-electron chi connectivity index (χ2n) is 3.12. The quantitative estimate of drug-likeness (QED) is 0.885. The van der Waals surface area contributed by atoms with Crippen LogP contribution >= 0.6 is 12.4 Å². The molecule has 1 aliphatic rings. The van der Waals surface area contributed by atoms with Crippen molar-refractivity contribution in [1.82, 2.24) is 0 Å². The molecule has 0 saturated heterocycles. The lowest BCUT2D eigenvalue weighted by molar-refractivity contribution is 0.340. The van der Waals surface area contributed by atoms with E-state index in [-0.39, 0.29) is 12.4 Å². The van der Waals surface area contributed by atoms with E-state index in [4.69, 9.17) is 9.47 Å². The Hall–Kier alpha value is -1.42. The maximum Gasteiger partial charge on any atom is 0.289 e. The van der Waals surface area contributed by atoms with Gasteiger partial charge in [0.2, 0.25) is 0 Å². The second-order valence-corrected chi connectivity index (χ2v) is 3.12. The average Bonchev–Trinajstić information content (AvgIpc) is 2.74. The lowest BCUT2D eigenvalue weighted by atomic mass is 10.3. The van der Waals surface area contributed by atoms with Crippen LogP contribution in [0.25, 0.3) is 0 Å². The number of rotatable bonds is 3. The zero-order chi connectivity index (χ0) is 10.5. The van der Waals surface area contributed by atoms with E-state index in [1.165, 1.54) is 0 Å². The van der Waals surface area contributed by atoms with E-state index in [0.717, 1.165) is 18.0 Å². The smallest absolute Gasteiger partial charge is 0.289 e. The van der Waals surface area contributed by atoms with Gasteiger partial charge in [-0.2, -0.15) is 0 Å². The van der Waals surface area contributed by atoms with Crippen molar-refractivity contribution in [3.63, 3.8) is 0 Å². The van der Waals surface area contributed by atoms with Crippen molar-refractivity contribution in [2.75, 3.05) is 25.1 Å². The van der Waals surface area contributed by atoms with E-state index in [2.05, 4.69) is 10.3 Å². The summed E-state index contributed by atoms with van der Waals surface area (Å²) in [5.74, 6) is 0.873. The van der Waals surface area contributed by atoms with E-state index in [0.29, 0.717) is 19.2 Å². The van der Waals surface area contributed by atoms with Gasteiger partial charge in [-0.1, -0.05) is 0 Å². The number of ether oxygens (including phenoxy) is 2. The monoisotopic (exact) mass is 242 g/mol. The molecule has 0 aliphatic carbocycles. The van der Waals surface area contributed by atoms with Crippen molar-refractivity contribution in [3.05, 3.63) is 24.3 Å². The van der Waals surface area contributed by atoms with E-state index in [9.17, 15) is 0 Å². The molecule has 0 bridgehead atoms. The first kappa shape index (κ1) is 12.6. The molecule has 0 amide bonds. The molecule has 0 spiro atoms. The molecule has 0 fully saturated rings. The lowest BCUT2D eigenvalue weighted by Crippen LogP contribution is -2.11. The highest BCUT2D eigenvalue weighted by Crippen LogP contribution is 2.16. The van der Waals surface area contributed by atoms with Crippen LogP contribution in [0.5, 0.6) is 5.75 Å². The molecule has 0 unspecified atom stereocenters. The molecule has 4 nitrogen and oxygen atoms in total. The molecule has 88 valence electrons. The predicted octanol–water partition coefficient (Wildman–Crippen LogP) is 2.31. The van der Waals surface area contributed by atoms with E-state index < -0.39 is 0 Å². The van der Waals surface area contributed by atoms with Crippen LogP contribution in [-0.4, -0.2) is 25.8 Å². The standard InChI is InChI=1S/C11H14N2O2.ClH/c1-2-14-10-5-3-9(4-6-10)13-11-12-7-8-15-11;/h3-6H,2,7-8H2,1H3,(H,12,13);1H. The zero-order valence-electron chi connectivity index (χ0n) is 9.10. The Morgan fingerprint density at radius 2 is 2.12 bits per heavy atom. The largest absolute Gasteiger partial charge is 0.494 e. The minimum atomic E-state index is 0. The van der Waals surface area contributed by atoms with E-state index in [1.54, 1.807) is 0 Å². The van der Waals surface area contributed by atoms with Gasteiger partial charge >= 0.3 is 0 Å². The Balaban J connectivity index is 0.00000128. The van der Waals surface area contributed by atoms with Crippen molar-refractivity contribution >= 4 is 24.1 Å². The Kier molecular flexibility index (Phi) is 4.92. The van der Waals surface area contributed by atoms with E-state index >= 15 is 0 Å². The summed E-state index contributed by atoms with van der Waals surface area (Å²) in [5, 5.41) is 3.08. The predicted molar refractivity (Wildman–Crippen MR) is 66.7 cm³/mol. The van der Waals surface area contributed by atoms with Crippen molar-refractivity contribution in [2.45, 2.75) is 6.92 Å². The van der Waals surface area contributed by atoms with Crippen molar-refractivity contribution in [1.29, 1.82) is 0 Å². The van der Waals surface area contributed by atoms with E-state index in [1.807, 2.05) is 31.2 Å². The van der Waals surface area contributed by atoms with Crippen molar-refractivity contribution < 1.29 is 9.47 Å². The van der Waals surface area contributed by atoms with Crippen LogP contribution in [0.2, 0.25) is 0 Å². The molecule has 1 heterocycles. The summed E-state index contributed by atoms with van der Waals surface area (Å²) in [6.07, 6.45) is 0. The Labute approximate surface area is 101 Å². The summed E-state index contributed by atoms with van der Waals surface area (Å²) in [7, 11) is 0. The average molecular weight is 243 g/mol. The molecule has 5 heteroatoms. The van der Waals surface area contributed by atoms with Crippen molar-refractivity contribution in [2.24, 2.45) is 4.99 Å². The topological polar surface area (TPSA) is 42.8 Å². The number of hydrogen-bond donors (Lipinski definition) is 1. The van der Waals surface area contributed by atoms with Gasteiger partial charge in [-0.3, -0.25) is 0 Å². The fourth-order valence-electron chi connectivity index (χ4n) is 1.34. The molecule has 0 saturated carbocycles. The normalized spacial score (nSPS) is 13.4. The molecule has 1 aromatic rings.